The number of nitrogens with zero attached hydrogens (tertiary/aromatic N) is 3. The first-order valence-corrected chi connectivity index (χ1v) is 9.57. The molecule has 148 valence electrons. The van der Waals surface area contributed by atoms with Gasteiger partial charge >= 0.3 is 0 Å². The van der Waals surface area contributed by atoms with Gasteiger partial charge in [0.25, 0.3) is 0 Å². The molecule has 1 fully saturated rings. The maximum absolute atomic E-state index is 14.1. The molecule has 1 aliphatic rings. The number of aryl methyl sites for hydroxylation is 1. The van der Waals surface area contributed by atoms with Crippen LogP contribution in [0.15, 0.2) is 18.2 Å². The van der Waals surface area contributed by atoms with E-state index in [-0.39, 0.29) is 5.69 Å². The summed E-state index contributed by atoms with van der Waals surface area (Å²) in [4.78, 5) is 2.44. The average molecular weight is 378 g/mol. The second kappa shape index (κ2) is 9.39. The Labute approximate surface area is 159 Å². The van der Waals surface area contributed by atoms with Gasteiger partial charge in [0.05, 0.1) is 18.9 Å². The molecule has 1 aromatic carbocycles. The Hall–Kier alpha value is -1.83. The van der Waals surface area contributed by atoms with E-state index in [1.165, 1.54) is 12.1 Å². The lowest BCUT2D eigenvalue weighted by Crippen LogP contribution is -2.37. The number of hydrogen-bond donors (Lipinski definition) is 1. The van der Waals surface area contributed by atoms with Gasteiger partial charge in [0, 0.05) is 37.0 Å². The van der Waals surface area contributed by atoms with Crippen LogP contribution in [-0.4, -0.2) is 54.1 Å². The van der Waals surface area contributed by atoms with Gasteiger partial charge in [-0.25, -0.2) is 13.5 Å². The van der Waals surface area contributed by atoms with Crippen molar-refractivity contribution in [2.45, 2.75) is 33.2 Å². The molecule has 2 heterocycles. The van der Waals surface area contributed by atoms with Crippen LogP contribution in [0.2, 0.25) is 0 Å². The maximum Gasteiger partial charge on any atom is 0.151 e. The Kier molecular flexibility index (Phi) is 6.93. The van der Waals surface area contributed by atoms with Crippen LogP contribution in [0.3, 0.4) is 0 Å². The summed E-state index contributed by atoms with van der Waals surface area (Å²) in [6, 6.07) is 3.56. The van der Waals surface area contributed by atoms with E-state index in [4.69, 9.17) is 4.74 Å². The monoisotopic (exact) mass is 378 g/mol. The second-order valence-electron chi connectivity index (χ2n) is 6.99. The SMILES string of the molecule is Cc1nn(-c2ccc(F)cc2F)c(C)c1CNCCCCN1CCOCC1. The van der Waals surface area contributed by atoms with Crippen LogP contribution in [0, 0.1) is 25.5 Å². The maximum atomic E-state index is 14.1. The zero-order chi connectivity index (χ0) is 19.2. The fraction of sp³-hybridized carbons (Fsp3) is 0.550. The number of aromatic nitrogens is 2. The number of ether oxygens (including phenoxy) is 1. The Morgan fingerprint density at radius 1 is 1.15 bits per heavy atom. The van der Waals surface area contributed by atoms with Crippen LogP contribution >= 0.6 is 0 Å². The molecule has 0 unspecified atom stereocenters. The van der Waals surface area contributed by atoms with E-state index in [9.17, 15) is 8.78 Å². The summed E-state index contributed by atoms with van der Waals surface area (Å²) < 4.78 is 34.1. The summed E-state index contributed by atoms with van der Waals surface area (Å²) in [6.07, 6.45) is 2.27. The van der Waals surface area contributed by atoms with E-state index in [1.54, 1.807) is 4.68 Å². The Morgan fingerprint density at radius 3 is 2.67 bits per heavy atom. The van der Waals surface area contributed by atoms with Crippen molar-refractivity contribution in [3.8, 4) is 5.69 Å². The second-order valence-corrected chi connectivity index (χ2v) is 6.99. The average Bonchev–Trinajstić information content (AvgIpc) is 2.93. The number of nitrogens with one attached hydrogen (secondary N) is 1. The molecule has 0 aliphatic carbocycles. The van der Waals surface area contributed by atoms with Crippen molar-refractivity contribution >= 4 is 0 Å². The molecule has 0 bridgehead atoms. The molecule has 5 nitrogen and oxygen atoms in total. The molecule has 0 amide bonds. The summed E-state index contributed by atoms with van der Waals surface area (Å²) in [5, 5.41) is 7.90. The quantitative estimate of drug-likeness (QED) is 0.717. The van der Waals surface area contributed by atoms with Gasteiger partial charge in [-0.15, -0.1) is 0 Å². The molecule has 1 saturated heterocycles. The van der Waals surface area contributed by atoms with Crippen LogP contribution in [0.1, 0.15) is 29.8 Å². The molecule has 7 heteroatoms. The van der Waals surface area contributed by atoms with E-state index < -0.39 is 11.6 Å². The normalized spacial score (nSPS) is 15.4. The van der Waals surface area contributed by atoms with Crippen molar-refractivity contribution in [2.75, 3.05) is 39.4 Å². The molecule has 2 aromatic rings. The van der Waals surface area contributed by atoms with Crippen molar-refractivity contribution in [3.05, 3.63) is 46.8 Å². The van der Waals surface area contributed by atoms with Crippen molar-refractivity contribution in [2.24, 2.45) is 0 Å². The number of unbranched alkanes of at least 4 members (excludes halogenated alkanes) is 1. The molecular formula is C20H28F2N4O. The summed E-state index contributed by atoms with van der Waals surface area (Å²) in [7, 11) is 0. The lowest BCUT2D eigenvalue weighted by atomic mass is 10.2. The third-order valence-corrected chi connectivity index (χ3v) is 5.06. The van der Waals surface area contributed by atoms with Crippen LogP contribution in [0.5, 0.6) is 0 Å². The molecule has 0 spiro atoms. The fourth-order valence-corrected chi connectivity index (χ4v) is 3.44. The number of benzene rings is 1. The third kappa shape index (κ3) is 5.12. The van der Waals surface area contributed by atoms with Crippen molar-refractivity contribution in [3.63, 3.8) is 0 Å². The standard InChI is InChI=1S/C20H28F2N4O/c1-15-18(14-23-7-3-4-8-25-9-11-27-12-10-25)16(2)26(24-15)20-6-5-17(21)13-19(20)22/h5-6,13,23H,3-4,7-12,14H2,1-2H3. The summed E-state index contributed by atoms with van der Waals surface area (Å²) >= 11 is 0. The van der Waals surface area contributed by atoms with Gasteiger partial charge < -0.3 is 10.1 Å². The minimum atomic E-state index is -0.608. The number of morpholine rings is 1. The van der Waals surface area contributed by atoms with Crippen molar-refractivity contribution in [1.29, 1.82) is 0 Å². The number of rotatable bonds is 8. The van der Waals surface area contributed by atoms with Crippen LogP contribution in [0.4, 0.5) is 8.78 Å². The minimum Gasteiger partial charge on any atom is -0.379 e. The third-order valence-electron chi connectivity index (χ3n) is 5.06. The molecule has 0 saturated carbocycles. The van der Waals surface area contributed by atoms with Crippen LogP contribution in [-0.2, 0) is 11.3 Å². The van der Waals surface area contributed by atoms with E-state index >= 15 is 0 Å². The predicted octanol–water partition coefficient (Wildman–Crippen LogP) is 2.97. The Balaban J connectivity index is 1.49. The molecular weight excluding hydrogens is 350 g/mol. The van der Waals surface area contributed by atoms with E-state index in [1.807, 2.05) is 13.8 Å². The summed E-state index contributed by atoms with van der Waals surface area (Å²) in [5.74, 6) is -1.19. The predicted molar refractivity (Wildman–Crippen MR) is 101 cm³/mol. The molecule has 0 radical (unpaired) electrons. The smallest absolute Gasteiger partial charge is 0.151 e. The van der Waals surface area contributed by atoms with Gasteiger partial charge in [0.2, 0.25) is 0 Å². The van der Waals surface area contributed by atoms with E-state index in [2.05, 4.69) is 15.3 Å². The molecule has 1 aliphatic heterocycles. The molecule has 1 N–H and O–H groups in total. The highest BCUT2D eigenvalue weighted by Crippen LogP contribution is 2.20. The molecule has 27 heavy (non-hydrogen) atoms. The van der Waals surface area contributed by atoms with Gasteiger partial charge in [-0.3, -0.25) is 4.90 Å². The van der Waals surface area contributed by atoms with Gasteiger partial charge in [0.15, 0.2) is 5.82 Å². The molecule has 0 atom stereocenters. The zero-order valence-corrected chi connectivity index (χ0v) is 16.1. The van der Waals surface area contributed by atoms with Crippen molar-refractivity contribution in [1.82, 2.24) is 20.0 Å². The lowest BCUT2D eigenvalue weighted by Gasteiger charge is -2.26. The van der Waals surface area contributed by atoms with Gasteiger partial charge in [-0.2, -0.15) is 5.10 Å². The first-order chi connectivity index (χ1) is 13.1. The van der Waals surface area contributed by atoms with Gasteiger partial charge in [-0.05, 0) is 51.9 Å². The fourth-order valence-electron chi connectivity index (χ4n) is 3.44. The first kappa shape index (κ1) is 19.9. The summed E-state index contributed by atoms with van der Waals surface area (Å²) in [5.41, 5.74) is 3.07. The summed E-state index contributed by atoms with van der Waals surface area (Å²) in [6.45, 7) is 10.3. The van der Waals surface area contributed by atoms with Crippen molar-refractivity contribution < 1.29 is 13.5 Å². The van der Waals surface area contributed by atoms with E-state index in [0.29, 0.717) is 6.54 Å². The van der Waals surface area contributed by atoms with Gasteiger partial charge in [0.1, 0.15) is 11.5 Å². The number of hydrogen-bond acceptors (Lipinski definition) is 4. The first-order valence-electron chi connectivity index (χ1n) is 9.57. The highest BCUT2D eigenvalue weighted by Gasteiger charge is 2.15. The lowest BCUT2D eigenvalue weighted by molar-refractivity contribution is 0.0372. The van der Waals surface area contributed by atoms with Gasteiger partial charge in [-0.1, -0.05) is 0 Å². The largest absolute Gasteiger partial charge is 0.379 e. The topological polar surface area (TPSA) is 42.3 Å². The zero-order valence-electron chi connectivity index (χ0n) is 16.1. The minimum absolute atomic E-state index is 0.272. The Morgan fingerprint density at radius 2 is 1.93 bits per heavy atom. The molecule has 1 aromatic heterocycles. The van der Waals surface area contributed by atoms with Crippen LogP contribution in [0.25, 0.3) is 5.69 Å². The number of halogens is 2. The Bertz CT molecular complexity index is 757. The van der Waals surface area contributed by atoms with Crippen LogP contribution < -0.4 is 5.32 Å². The van der Waals surface area contributed by atoms with E-state index in [0.717, 1.165) is 75.3 Å². The molecule has 3 rings (SSSR count). The highest BCUT2D eigenvalue weighted by molar-refractivity contribution is 5.38. The highest BCUT2D eigenvalue weighted by atomic mass is 19.1.